The van der Waals surface area contributed by atoms with Crippen molar-refractivity contribution in [2.24, 2.45) is 0 Å². The van der Waals surface area contributed by atoms with Crippen LogP contribution in [0.3, 0.4) is 0 Å². The molecule has 1 aliphatic carbocycles. The zero-order valence-electron chi connectivity index (χ0n) is 13.4. The second kappa shape index (κ2) is 6.25. The molecule has 3 aliphatic rings. The van der Waals surface area contributed by atoms with Crippen molar-refractivity contribution in [2.45, 2.75) is 82.4 Å². The number of β-amino-alcohol motifs (C(OH)–C–C–N with tert-alkyl or cyclic N) is 1. The lowest BCUT2D eigenvalue weighted by Gasteiger charge is -2.40. The van der Waals surface area contributed by atoms with E-state index in [4.69, 9.17) is 0 Å². The van der Waals surface area contributed by atoms with Crippen LogP contribution >= 0.6 is 0 Å². The Morgan fingerprint density at radius 3 is 2.43 bits per heavy atom. The summed E-state index contributed by atoms with van der Waals surface area (Å²) in [7, 11) is 0. The van der Waals surface area contributed by atoms with Crippen molar-refractivity contribution in [3.05, 3.63) is 0 Å². The maximum absolute atomic E-state index is 11.8. The third kappa shape index (κ3) is 3.26. The molecule has 1 saturated carbocycles. The summed E-state index contributed by atoms with van der Waals surface area (Å²) in [4.78, 5) is 16.4. The summed E-state index contributed by atoms with van der Waals surface area (Å²) < 4.78 is 0. The largest absolute Gasteiger partial charge is 0.389 e. The number of nitrogens with zero attached hydrogens (tertiary/aromatic N) is 2. The fourth-order valence-corrected chi connectivity index (χ4v) is 4.81. The van der Waals surface area contributed by atoms with E-state index < -0.39 is 5.60 Å². The molecular formula is C17H30N2O2. The first-order chi connectivity index (χ1) is 10.1. The second-order valence-corrected chi connectivity index (χ2v) is 7.39. The average molecular weight is 294 g/mol. The highest BCUT2D eigenvalue weighted by Gasteiger charge is 2.41. The molecule has 0 aromatic rings. The fourth-order valence-electron chi connectivity index (χ4n) is 4.81. The van der Waals surface area contributed by atoms with Crippen LogP contribution in [0.25, 0.3) is 0 Å². The summed E-state index contributed by atoms with van der Waals surface area (Å²) >= 11 is 0. The quantitative estimate of drug-likeness (QED) is 0.867. The molecule has 2 heterocycles. The van der Waals surface area contributed by atoms with Crippen LogP contribution in [0, 0.1) is 0 Å². The molecule has 21 heavy (non-hydrogen) atoms. The SMILES string of the molecule is CC(=O)N1CCCC1C1CCCN1CC1(O)CCCCC1. The van der Waals surface area contributed by atoms with Gasteiger partial charge in [-0.25, -0.2) is 0 Å². The number of hydrogen-bond acceptors (Lipinski definition) is 3. The lowest BCUT2D eigenvalue weighted by Crippen LogP contribution is -2.52. The predicted octanol–water partition coefficient (Wildman–Crippen LogP) is 2.16. The maximum atomic E-state index is 11.8. The van der Waals surface area contributed by atoms with E-state index in [9.17, 15) is 9.90 Å². The van der Waals surface area contributed by atoms with Gasteiger partial charge in [-0.15, -0.1) is 0 Å². The molecule has 4 heteroatoms. The molecule has 3 rings (SSSR count). The fraction of sp³-hybridized carbons (Fsp3) is 0.941. The average Bonchev–Trinajstić information content (AvgIpc) is 3.06. The molecule has 0 radical (unpaired) electrons. The third-order valence-electron chi connectivity index (χ3n) is 5.84. The molecule has 0 spiro atoms. The zero-order chi connectivity index (χ0) is 14.9. The molecule has 2 aliphatic heterocycles. The topological polar surface area (TPSA) is 43.8 Å². The van der Waals surface area contributed by atoms with E-state index in [1.165, 1.54) is 19.3 Å². The first-order valence-corrected chi connectivity index (χ1v) is 8.83. The lowest BCUT2D eigenvalue weighted by molar-refractivity contribution is -0.130. The van der Waals surface area contributed by atoms with Crippen LogP contribution in [0.4, 0.5) is 0 Å². The molecule has 2 saturated heterocycles. The van der Waals surface area contributed by atoms with Gasteiger partial charge in [0.2, 0.25) is 5.91 Å². The number of rotatable bonds is 3. The van der Waals surface area contributed by atoms with Crippen LogP contribution in [0.15, 0.2) is 0 Å². The molecule has 120 valence electrons. The smallest absolute Gasteiger partial charge is 0.219 e. The summed E-state index contributed by atoms with van der Waals surface area (Å²) in [6, 6.07) is 0.861. The van der Waals surface area contributed by atoms with Crippen LogP contribution in [-0.4, -0.2) is 58.1 Å². The van der Waals surface area contributed by atoms with Gasteiger partial charge in [0.1, 0.15) is 0 Å². The van der Waals surface area contributed by atoms with Gasteiger partial charge in [0.15, 0.2) is 0 Å². The highest BCUT2D eigenvalue weighted by atomic mass is 16.3. The van der Waals surface area contributed by atoms with Crippen molar-refractivity contribution in [3.63, 3.8) is 0 Å². The summed E-state index contributed by atoms with van der Waals surface area (Å²) in [5.74, 6) is 0.223. The van der Waals surface area contributed by atoms with Crippen molar-refractivity contribution in [1.29, 1.82) is 0 Å². The molecule has 2 unspecified atom stereocenters. The van der Waals surface area contributed by atoms with E-state index in [1.54, 1.807) is 6.92 Å². The Hall–Kier alpha value is -0.610. The molecule has 1 N–H and O–H groups in total. The molecule has 4 nitrogen and oxygen atoms in total. The Kier molecular flexibility index (Phi) is 4.55. The molecule has 3 fully saturated rings. The van der Waals surface area contributed by atoms with Crippen molar-refractivity contribution >= 4 is 5.91 Å². The Bertz CT molecular complexity index is 379. The summed E-state index contributed by atoms with van der Waals surface area (Å²) in [6.07, 6.45) is 10.2. The van der Waals surface area contributed by atoms with Crippen LogP contribution in [-0.2, 0) is 4.79 Å². The van der Waals surface area contributed by atoms with E-state index in [-0.39, 0.29) is 5.91 Å². The van der Waals surface area contributed by atoms with Crippen LogP contribution in [0.2, 0.25) is 0 Å². The Labute approximate surface area is 128 Å². The van der Waals surface area contributed by atoms with E-state index >= 15 is 0 Å². The summed E-state index contributed by atoms with van der Waals surface area (Å²) in [6.45, 7) is 4.54. The van der Waals surface area contributed by atoms with Gasteiger partial charge in [0.05, 0.1) is 5.60 Å². The first kappa shape index (κ1) is 15.3. The van der Waals surface area contributed by atoms with Gasteiger partial charge < -0.3 is 10.0 Å². The van der Waals surface area contributed by atoms with Gasteiger partial charge in [0, 0.05) is 32.1 Å². The normalized spacial score (nSPS) is 33.5. The van der Waals surface area contributed by atoms with Gasteiger partial charge in [-0.2, -0.15) is 0 Å². The molecule has 1 amide bonds. The van der Waals surface area contributed by atoms with Crippen molar-refractivity contribution < 1.29 is 9.90 Å². The van der Waals surface area contributed by atoms with Crippen LogP contribution in [0.1, 0.15) is 64.7 Å². The van der Waals surface area contributed by atoms with E-state index in [1.807, 2.05) is 0 Å². The summed E-state index contributed by atoms with van der Waals surface area (Å²) in [5.41, 5.74) is -0.472. The lowest BCUT2D eigenvalue weighted by atomic mass is 9.84. The second-order valence-electron chi connectivity index (χ2n) is 7.39. The summed E-state index contributed by atoms with van der Waals surface area (Å²) in [5, 5.41) is 10.8. The number of likely N-dealkylation sites (tertiary alicyclic amines) is 2. The minimum Gasteiger partial charge on any atom is -0.389 e. The van der Waals surface area contributed by atoms with E-state index in [0.29, 0.717) is 12.1 Å². The number of hydrogen-bond donors (Lipinski definition) is 1. The zero-order valence-corrected chi connectivity index (χ0v) is 13.4. The highest BCUT2D eigenvalue weighted by molar-refractivity contribution is 5.74. The molecule has 0 bridgehead atoms. The van der Waals surface area contributed by atoms with Gasteiger partial charge in [-0.05, 0) is 45.1 Å². The third-order valence-corrected chi connectivity index (χ3v) is 5.84. The molecular weight excluding hydrogens is 264 g/mol. The van der Waals surface area contributed by atoms with Crippen molar-refractivity contribution in [2.75, 3.05) is 19.6 Å². The van der Waals surface area contributed by atoms with Crippen molar-refractivity contribution in [1.82, 2.24) is 9.80 Å². The number of aliphatic hydroxyl groups is 1. The van der Waals surface area contributed by atoms with Gasteiger partial charge in [0.25, 0.3) is 0 Å². The van der Waals surface area contributed by atoms with Gasteiger partial charge in [-0.3, -0.25) is 9.69 Å². The Morgan fingerprint density at radius 1 is 1.05 bits per heavy atom. The maximum Gasteiger partial charge on any atom is 0.219 e. The van der Waals surface area contributed by atoms with Crippen LogP contribution in [0.5, 0.6) is 0 Å². The van der Waals surface area contributed by atoms with Crippen LogP contribution < -0.4 is 0 Å². The number of carbonyl (C=O) groups is 1. The monoisotopic (exact) mass is 294 g/mol. The molecule has 0 aromatic carbocycles. The molecule has 0 aromatic heterocycles. The minimum atomic E-state index is -0.472. The Balaban J connectivity index is 1.66. The van der Waals surface area contributed by atoms with Gasteiger partial charge >= 0.3 is 0 Å². The van der Waals surface area contributed by atoms with Crippen molar-refractivity contribution in [3.8, 4) is 0 Å². The van der Waals surface area contributed by atoms with E-state index in [2.05, 4.69) is 9.80 Å². The number of amides is 1. The standard InChI is InChI=1S/C17H30N2O2/c1-14(20)19-12-6-8-16(19)15-7-5-11-18(15)13-17(21)9-3-2-4-10-17/h15-16,21H,2-13H2,1H3. The van der Waals surface area contributed by atoms with Gasteiger partial charge in [-0.1, -0.05) is 19.3 Å². The highest BCUT2D eigenvalue weighted by Crippen LogP contribution is 2.34. The predicted molar refractivity (Wildman–Crippen MR) is 83.0 cm³/mol. The first-order valence-electron chi connectivity index (χ1n) is 8.83. The number of carbonyl (C=O) groups excluding carboxylic acids is 1. The Morgan fingerprint density at radius 2 is 1.71 bits per heavy atom. The molecule has 2 atom stereocenters. The van der Waals surface area contributed by atoms with E-state index in [0.717, 1.165) is 58.2 Å². The minimum absolute atomic E-state index is 0.223.